The lowest BCUT2D eigenvalue weighted by molar-refractivity contribution is 1.45. The Kier molecular flexibility index (Phi) is 2.01. The monoisotopic (exact) mass is 231 g/mol. The Bertz CT molecular complexity index is 251. The minimum absolute atomic E-state index is 0.623. The summed E-state index contributed by atoms with van der Waals surface area (Å²) >= 11 is 2.11. The summed E-state index contributed by atoms with van der Waals surface area (Å²) in [5.41, 5.74) is 0.623. The molecule has 0 unspecified atom stereocenters. The highest BCUT2D eigenvalue weighted by atomic mass is 127. The van der Waals surface area contributed by atoms with Gasteiger partial charge in [-0.2, -0.15) is 0 Å². The van der Waals surface area contributed by atoms with Gasteiger partial charge in [-0.25, -0.2) is 0 Å². The highest BCUT2D eigenvalue weighted by Crippen LogP contribution is 2.19. The quantitative estimate of drug-likeness (QED) is 0.498. The van der Waals surface area contributed by atoms with E-state index in [2.05, 4.69) is 27.6 Å². The third kappa shape index (κ3) is 1.39. The highest BCUT2D eigenvalue weighted by molar-refractivity contribution is 14.1. The van der Waals surface area contributed by atoms with Crippen molar-refractivity contribution in [1.29, 1.82) is 5.39 Å². The molecule has 0 heterocycles. The number of halogens is 1. The van der Waals surface area contributed by atoms with Gasteiger partial charge in [-0.15, -0.1) is 0 Å². The summed E-state index contributed by atoms with van der Waals surface area (Å²) in [5.74, 6) is 0. The van der Waals surface area contributed by atoms with Gasteiger partial charge in [0.2, 0.25) is 5.39 Å². The zero-order valence-electron chi connectivity index (χ0n) is 4.58. The molecule has 9 heavy (non-hydrogen) atoms. The number of hydrogen-bond acceptors (Lipinski definition) is 1. The zero-order chi connectivity index (χ0) is 6.69. The predicted molar refractivity (Wildman–Crippen MR) is 43.9 cm³/mol. The normalized spacial score (nSPS) is 8.44. The average molecular weight is 231 g/mol. The average Bonchev–Trinajstić information content (AvgIpc) is 1.89. The molecule has 0 aromatic heterocycles. The molecule has 2 nitrogen and oxygen atoms in total. The number of nitrogens with zero attached hydrogens (tertiary/aromatic N) is 2. The topological polar surface area (TPSA) is 28.1 Å². The summed E-state index contributed by atoms with van der Waals surface area (Å²) < 4.78 is 0.956. The Morgan fingerprint density at radius 1 is 1.33 bits per heavy atom. The van der Waals surface area contributed by atoms with Gasteiger partial charge in [0.05, 0.1) is 0 Å². The smallest absolute Gasteiger partial charge is 0.0606 e. The van der Waals surface area contributed by atoms with Gasteiger partial charge in [0.1, 0.15) is 3.57 Å². The summed E-state index contributed by atoms with van der Waals surface area (Å²) in [6.07, 6.45) is 0. The molecule has 0 fully saturated rings. The van der Waals surface area contributed by atoms with Gasteiger partial charge >= 0.3 is 5.69 Å². The van der Waals surface area contributed by atoms with Crippen molar-refractivity contribution in [2.45, 2.75) is 0 Å². The fraction of sp³-hybridized carbons (Fsp3) is 0. The molecule has 0 atom stereocenters. The largest absolute Gasteiger partial charge is 0.398 e. The first-order chi connectivity index (χ1) is 4.34. The molecule has 3 heteroatoms. The Morgan fingerprint density at radius 3 is 2.44 bits per heavy atom. The number of diazo groups is 1. The van der Waals surface area contributed by atoms with Crippen molar-refractivity contribution in [1.82, 2.24) is 0 Å². The lowest BCUT2D eigenvalue weighted by atomic mass is 10.3. The van der Waals surface area contributed by atoms with Crippen molar-refractivity contribution < 1.29 is 0 Å². The highest BCUT2D eigenvalue weighted by Gasteiger charge is 2.06. The van der Waals surface area contributed by atoms with Crippen LogP contribution in [0.5, 0.6) is 0 Å². The van der Waals surface area contributed by atoms with Crippen LogP contribution in [0.4, 0.5) is 5.69 Å². The van der Waals surface area contributed by atoms with E-state index >= 15 is 0 Å². The van der Waals surface area contributed by atoms with E-state index in [0.717, 1.165) is 3.57 Å². The van der Waals surface area contributed by atoms with Crippen LogP contribution in [-0.4, -0.2) is 0 Å². The van der Waals surface area contributed by atoms with E-state index < -0.39 is 0 Å². The molecule has 0 spiro atoms. The molecule has 1 rings (SSSR count). The molecule has 0 aliphatic heterocycles. The van der Waals surface area contributed by atoms with E-state index in [1.54, 1.807) is 6.07 Å². The fourth-order valence-corrected chi connectivity index (χ4v) is 1.03. The van der Waals surface area contributed by atoms with Gasteiger partial charge in [0.15, 0.2) is 4.98 Å². The van der Waals surface area contributed by atoms with Crippen LogP contribution in [0.2, 0.25) is 0 Å². The van der Waals surface area contributed by atoms with E-state index in [1.165, 1.54) is 0 Å². The maximum absolute atomic E-state index is 8.34. The van der Waals surface area contributed by atoms with Crippen LogP contribution < -0.4 is 0 Å². The van der Waals surface area contributed by atoms with Gasteiger partial charge in [0.25, 0.3) is 0 Å². The van der Waals surface area contributed by atoms with Crippen LogP contribution in [0, 0.1) is 8.96 Å². The minimum Gasteiger partial charge on any atom is -0.0606 e. The van der Waals surface area contributed by atoms with E-state index in [9.17, 15) is 0 Å². The molecule has 0 aliphatic carbocycles. The van der Waals surface area contributed by atoms with Crippen molar-refractivity contribution >= 4 is 28.3 Å². The second-order valence-corrected chi connectivity index (χ2v) is 2.71. The van der Waals surface area contributed by atoms with Crippen LogP contribution in [0.25, 0.3) is 4.98 Å². The van der Waals surface area contributed by atoms with Gasteiger partial charge in [0, 0.05) is 6.07 Å². The van der Waals surface area contributed by atoms with E-state index in [4.69, 9.17) is 5.39 Å². The summed E-state index contributed by atoms with van der Waals surface area (Å²) in [7, 11) is 0. The molecular weight excluding hydrogens is 227 g/mol. The van der Waals surface area contributed by atoms with Crippen molar-refractivity contribution in [3.8, 4) is 0 Å². The van der Waals surface area contributed by atoms with Crippen LogP contribution in [0.3, 0.4) is 0 Å². The summed E-state index contributed by atoms with van der Waals surface area (Å²) in [5, 5.41) is 8.34. The molecule has 0 bridgehead atoms. The maximum atomic E-state index is 8.34. The Labute approximate surface area is 66.7 Å². The van der Waals surface area contributed by atoms with Gasteiger partial charge in [-0.3, -0.25) is 0 Å². The molecule has 0 aliphatic rings. The molecule has 0 radical (unpaired) electrons. The standard InChI is InChI=1S/C6H4IN2/c7-5-3-1-2-4-6(5)9-8/h1-4H/q+1. The van der Waals surface area contributed by atoms with Gasteiger partial charge in [-0.05, 0) is 28.7 Å². The third-order valence-electron chi connectivity index (χ3n) is 0.960. The van der Waals surface area contributed by atoms with Crippen LogP contribution in [0.15, 0.2) is 24.3 Å². The van der Waals surface area contributed by atoms with Crippen molar-refractivity contribution in [2.75, 3.05) is 0 Å². The van der Waals surface area contributed by atoms with Crippen LogP contribution in [-0.2, 0) is 0 Å². The predicted octanol–water partition coefficient (Wildman–Crippen LogP) is 2.78. The minimum atomic E-state index is 0.623. The second kappa shape index (κ2) is 2.78. The van der Waals surface area contributed by atoms with Crippen LogP contribution in [0.1, 0.15) is 0 Å². The third-order valence-corrected chi connectivity index (χ3v) is 1.87. The summed E-state index contributed by atoms with van der Waals surface area (Å²) in [4.78, 5) is 3.06. The second-order valence-electron chi connectivity index (χ2n) is 1.55. The zero-order valence-corrected chi connectivity index (χ0v) is 6.74. The number of hydrogen-bond donors (Lipinski definition) is 0. The first-order valence-electron chi connectivity index (χ1n) is 2.44. The number of benzene rings is 1. The molecule has 0 saturated heterocycles. The molecule has 1 aromatic rings. The van der Waals surface area contributed by atoms with Gasteiger partial charge < -0.3 is 0 Å². The van der Waals surface area contributed by atoms with Crippen molar-refractivity contribution in [3.63, 3.8) is 0 Å². The Morgan fingerprint density at radius 2 is 2.00 bits per heavy atom. The Hall–Kier alpha value is -0.630. The summed E-state index contributed by atoms with van der Waals surface area (Å²) in [6, 6.07) is 7.37. The van der Waals surface area contributed by atoms with Crippen LogP contribution >= 0.6 is 22.6 Å². The lowest BCUT2D eigenvalue weighted by Gasteiger charge is -1.78. The first kappa shape index (κ1) is 6.49. The molecule has 44 valence electrons. The SMILES string of the molecule is N#[N+]c1ccccc1I. The van der Waals surface area contributed by atoms with E-state index in [0.29, 0.717) is 5.69 Å². The molecule has 0 amide bonds. The number of rotatable bonds is 0. The lowest BCUT2D eigenvalue weighted by Crippen LogP contribution is -1.66. The molecular formula is C6H4IN2+. The molecule has 1 aromatic carbocycles. The maximum Gasteiger partial charge on any atom is 0.398 e. The molecule has 0 saturated carbocycles. The van der Waals surface area contributed by atoms with Crippen molar-refractivity contribution in [2.24, 2.45) is 0 Å². The van der Waals surface area contributed by atoms with Gasteiger partial charge in [-0.1, -0.05) is 12.1 Å². The first-order valence-corrected chi connectivity index (χ1v) is 3.52. The Balaban J connectivity index is 3.20. The van der Waals surface area contributed by atoms with E-state index in [1.807, 2.05) is 18.2 Å². The van der Waals surface area contributed by atoms with Crippen molar-refractivity contribution in [3.05, 3.63) is 32.8 Å². The molecule has 0 N–H and O–H groups in total. The summed E-state index contributed by atoms with van der Waals surface area (Å²) in [6.45, 7) is 0. The van der Waals surface area contributed by atoms with E-state index in [-0.39, 0.29) is 0 Å². The fourth-order valence-electron chi connectivity index (χ4n) is 0.533.